The Morgan fingerprint density at radius 2 is 1.71 bits per heavy atom. The van der Waals surface area contributed by atoms with Gasteiger partial charge in [-0.3, -0.25) is 9.59 Å². The molecular weight excluding hydrogens is 302 g/mol. The molecule has 0 saturated carbocycles. The second-order valence-corrected chi connectivity index (χ2v) is 6.47. The van der Waals surface area contributed by atoms with Crippen molar-refractivity contribution in [2.45, 2.75) is 20.3 Å². The molecule has 5 heteroatoms. The highest BCUT2D eigenvalue weighted by atomic mass is 16.2. The van der Waals surface area contributed by atoms with Crippen LogP contribution in [-0.2, 0) is 6.42 Å². The number of hydrogen-bond donors (Lipinski definition) is 1. The van der Waals surface area contributed by atoms with Gasteiger partial charge in [0, 0.05) is 6.42 Å². The summed E-state index contributed by atoms with van der Waals surface area (Å²) in [6, 6.07) is 12.3. The minimum absolute atomic E-state index is 0.281. The highest BCUT2D eigenvalue weighted by molar-refractivity contribution is 6.34. The predicted octanol–water partition coefficient (Wildman–Crippen LogP) is 3.56. The lowest BCUT2D eigenvalue weighted by atomic mass is 10.1. The standard InChI is InChI=1S/C19H17N3O2/c1-11(2)9-17-20-15-8-7-12(10-16(15)21-17)22-18(23)13-5-3-4-6-14(13)19(22)24/h3-8,10-11H,9H2,1-2H3,(H,20,21). The summed E-state index contributed by atoms with van der Waals surface area (Å²) < 4.78 is 0. The minimum Gasteiger partial charge on any atom is -0.342 e. The molecule has 2 amide bonds. The summed E-state index contributed by atoms with van der Waals surface area (Å²) in [5, 5.41) is 0. The van der Waals surface area contributed by atoms with Gasteiger partial charge in [0.15, 0.2) is 0 Å². The van der Waals surface area contributed by atoms with E-state index in [0.29, 0.717) is 22.7 Å². The van der Waals surface area contributed by atoms with E-state index < -0.39 is 0 Å². The Kier molecular flexibility index (Phi) is 3.23. The largest absolute Gasteiger partial charge is 0.342 e. The summed E-state index contributed by atoms with van der Waals surface area (Å²) >= 11 is 0. The van der Waals surface area contributed by atoms with Crippen molar-refractivity contribution in [3.05, 3.63) is 59.4 Å². The Balaban J connectivity index is 1.75. The Bertz CT molecular complexity index is 937. The summed E-state index contributed by atoms with van der Waals surface area (Å²) in [7, 11) is 0. The number of aromatic nitrogens is 2. The normalized spacial score (nSPS) is 14.0. The second-order valence-electron chi connectivity index (χ2n) is 6.47. The van der Waals surface area contributed by atoms with E-state index in [1.54, 1.807) is 30.3 Å². The molecule has 0 fully saturated rings. The summed E-state index contributed by atoms with van der Waals surface area (Å²) in [4.78, 5) is 34.2. The number of imide groups is 1. The van der Waals surface area contributed by atoms with Crippen LogP contribution in [0.3, 0.4) is 0 Å². The number of imidazole rings is 1. The maximum Gasteiger partial charge on any atom is 0.266 e. The van der Waals surface area contributed by atoms with Gasteiger partial charge in [-0.25, -0.2) is 9.88 Å². The number of carbonyl (C=O) groups is 2. The fourth-order valence-corrected chi connectivity index (χ4v) is 3.10. The topological polar surface area (TPSA) is 66.1 Å². The van der Waals surface area contributed by atoms with E-state index in [1.807, 2.05) is 12.1 Å². The predicted molar refractivity (Wildman–Crippen MR) is 92.2 cm³/mol. The zero-order valence-electron chi connectivity index (χ0n) is 13.5. The quantitative estimate of drug-likeness (QED) is 0.751. The van der Waals surface area contributed by atoms with Crippen molar-refractivity contribution in [2.75, 3.05) is 4.90 Å². The summed E-state index contributed by atoms with van der Waals surface area (Å²) in [5.41, 5.74) is 3.14. The van der Waals surface area contributed by atoms with Gasteiger partial charge >= 0.3 is 0 Å². The third-order valence-electron chi connectivity index (χ3n) is 4.17. The molecule has 1 N–H and O–H groups in total. The molecule has 0 aliphatic carbocycles. The molecular formula is C19H17N3O2. The number of fused-ring (bicyclic) bond motifs is 2. The lowest BCUT2D eigenvalue weighted by molar-refractivity contribution is 0.0926. The van der Waals surface area contributed by atoms with Crippen LogP contribution < -0.4 is 4.90 Å². The molecule has 2 aromatic carbocycles. The SMILES string of the molecule is CC(C)Cc1nc2ccc(N3C(=O)c4ccccc4C3=O)cc2[nH]1. The van der Waals surface area contributed by atoms with Gasteiger partial charge in [0.1, 0.15) is 5.82 Å². The van der Waals surface area contributed by atoms with Crippen molar-refractivity contribution in [2.24, 2.45) is 5.92 Å². The average Bonchev–Trinajstić information content (AvgIpc) is 3.05. The van der Waals surface area contributed by atoms with Crippen molar-refractivity contribution in [1.29, 1.82) is 0 Å². The van der Waals surface area contributed by atoms with E-state index in [1.165, 1.54) is 4.90 Å². The molecule has 5 nitrogen and oxygen atoms in total. The molecule has 0 bridgehead atoms. The Hall–Kier alpha value is -2.95. The molecule has 2 heterocycles. The zero-order chi connectivity index (χ0) is 16.8. The van der Waals surface area contributed by atoms with E-state index in [9.17, 15) is 9.59 Å². The lowest BCUT2D eigenvalue weighted by Gasteiger charge is -2.13. The van der Waals surface area contributed by atoms with Crippen LogP contribution in [0.25, 0.3) is 11.0 Å². The van der Waals surface area contributed by atoms with Crippen LogP contribution >= 0.6 is 0 Å². The fourth-order valence-electron chi connectivity index (χ4n) is 3.10. The first-order valence-corrected chi connectivity index (χ1v) is 8.01. The molecule has 120 valence electrons. The van der Waals surface area contributed by atoms with Crippen molar-refractivity contribution in [1.82, 2.24) is 9.97 Å². The number of rotatable bonds is 3. The monoisotopic (exact) mass is 319 g/mol. The van der Waals surface area contributed by atoms with Crippen LogP contribution in [0.5, 0.6) is 0 Å². The zero-order valence-corrected chi connectivity index (χ0v) is 13.5. The van der Waals surface area contributed by atoms with Gasteiger partial charge in [0.05, 0.1) is 27.8 Å². The third-order valence-corrected chi connectivity index (χ3v) is 4.17. The number of amides is 2. The highest BCUT2D eigenvalue weighted by Gasteiger charge is 2.36. The van der Waals surface area contributed by atoms with Crippen LogP contribution in [0.15, 0.2) is 42.5 Å². The molecule has 0 unspecified atom stereocenters. The molecule has 0 radical (unpaired) electrons. The Labute approximate surface area is 139 Å². The van der Waals surface area contributed by atoms with Gasteiger partial charge in [0.2, 0.25) is 0 Å². The van der Waals surface area contributed by atoms with Crippen molar-refractivity contribution in [3.63, 3.8) is 0 Å². The smallest absolute Gasteiger partial charge is 0.266 e. The molecule has 3 aromatic rings. The molecule has 0 spiro atoms. The fraction of sp³-hybridized carbons (Fsp3) is 0.211. The van der Waals surface area contributed by atoms with Crippen molar-refractivity contribution >= 4 is 28.5 Å². The summed E-state index contributed by atoms with van der Waals surface area (Å²) in [6.07, 6.45) is 0.858. The maximum atomic E-state index is 12.6. The number of carbonyl (C=O) groups excluding carboxylic acids is 2. The first kappa shape index (κ1) is 14.6. The molecule has 1 aromatic heterocycles. The first-order valence-electron chi connectivity index (χ1n) is 8.01. The van der Waals surface area contributed by atoms with Crippen LogP contribution in [-0.4, -0.2) is 21.8 Å². The number of aromatic amines is 1. The van der Waals surface area contributed by atoms with Gasteiger partial charge < -0.3 is 4.98 Å². The van der Waals surface area contributed by atoms with Gasteiger partial charge in [-0.2, -0.15) is 0 Å². The number of nitrogens with one attached hydrogen (secondary N) is 1. The van der Waals surface area contributed by atoms with Crippen LogP contribution in [0.1, 0.15) is 40.4 Å². The van der Waals surface area contributed by atoms with Crippen LogP contribution in [0.2, 0.25) is 0 Å². The second kappa shape index (κ2) is 5.30. The maximum absolute atomic E-state index is 12.6. The van der Waals surface area contributed by atoms with E-state index in [4.69, 9.17) is 0 Å². The van der Waals surface area contributed by atoms with E-state index in [0.717, 1.165) is 23.3 Å². The third kappa shape index (κ3) is 2.21. The number of nitrogens with zero attached hydrogens (tertiary/aromatic N) is 2. The Morgan fingerprint density at radius 1 is 1.04 bits per heavy atom. The van der Waals surface area contributed by atoms with E-state index in [2.05, 4.69) is 23.8 Å². The number of hydrogen-bond acceptors (Lipinski definition) is 3. The van der Waals surface area contributed by atoms with Gasteiger partial charge in [-0.15, -0.1) is 0 Å². The number of H-pyrrole nitrogens is 1. The van der Waals surface area contributed by atoms with Crippen molar-refractivity contribution < 1.29 is 9.59 Å². The highest BCUT2D eigenvalue weighted by Crippen LogP contribution is 2.30. The minimum atomic E-state index is -0.281. The Morgan fingerprint density at radius 3 is 2.33 bits per heavy atom. The van der Waals surface area contributed by atoms with Gasteiger partial charge in [0.25, 0.3) is 11.8 Å². The lowest BCUT2D eigenvalue weighted by Crippen LogP contribution is -2.29. The average molecular weight is 319 g/mol. The summed E-state index contributed by atoms with van der Waals surface area (Å²) in [6.45, 7) is 4.27. The van der Waals surface area contributed by atoms with Crippen LogP contribution in [0, 0.1) is 5.92 Å². The molecule has 1 aliphatic rings. The van der Waals surface area contributed by atoms with Crippen molar-refractivity contribution in [3.8, 4) is 0 Å². The van der Waals surface area contributed by atoms with Gasteiger partial charge in [-0.05, 0) is 36.2 Å². The molecule has 4 rings (SSSR count). The molecule has 0 atom stereocenters. The van der Waals surface area contributed by atoms with Crippen LogP contribution in [0.4, 0.5) is 5.69 Å². The van der Waals surface area contributed by atoms with E-state index in [-0.39, 0.29) is 11.8 Å². The van der Waals surface area contributed by atoms with E-state index >= 15 is 0 Å². The first-order chi connectivity index (χ1) is 11.5. The molecule has 24 heavy (non-hydrogen) atoms. The molecule has 0 saturated heterocycles. The molecule has 1 aliphatic heterocycles. The summed E-state index contributed by atoms with van der Waals surface area (Å²) in [5.74, 6) is 0.856. The number of benzene rings is 2. The number of anilines is 1. The van der Waals surface area contributed by atoms with Gasteiger partial charge in [-0.1, -0.05) is 26.0 Å².